The van der Waals surface area contributed by atoms with Crippen molar-refractivity contribution in [1.82, 2.24) is 20.5 Å². The van der Waals surface area contributed by atoms with E-state index in [-0.39, 0.29) is 36.4 Å². The van der Waals surface area contributed by atoms with Gasteiger partial charge in [0.2, 0.25) is 5.91 Å². The minimum absolute atomic E-state index is 0. The normalized spacial score (nSPS) is 11.2. The van der Waals surface area contributed by atoms with Crippen LogP contribution in [0.25, 0.3) is 0 Å². The van der Waals surface area contributed by atoms with Crippen molar-refractivity contribution < 1.29 is 9.53 Å². The Hall–Kier alpha value is -0.940. The summed E-state index contributed by atoms with van der Waals surface area (Å²) >= 11 is 1.62. The third kappa shape index (κ3) is 8.78. The third-order valence-electron chi connectivity index (χ3n) is 3.04. The van der Waals surface area contributed by atoms with E-state index in [1.807, 2.05) is 0 Å². The lowest BCUT2D eigenvalue weighted by Gasteiger charge is -2.13. The van der Waals surface area contributed by atoms with Gasteiger partial charge in [0.25, 0.3) is 0 Å². The fraction of sp³-hybridized carbons (Fsp3) is 0.667. The zero-order valence-corrected chi connectivity index (χ0v) is 18.1. The number of likely N-dealkylation sites (N-methyl/N-ethyl adjacent to an activating group) is 1. The van der Waals surface area contributed by atoms with Crippen LogP contribution in [0.2, 0.25) is 0 Å². The van der Waals surface area contributed by atoms with Gasteiger partial charge in [0.1, 0.15) is 11.6 Å². The molecule has 7 nitrogen and oxygen atoms in total. The molecule has 2 N–H and O–H groups in total. The van der Waals surface area contributed by atoms with Gasteiger partial charge in [-0.2, -0.15) is 0 Å². The number of amides is 1. The molecule has 0 radical (unpaired) electrons. The maximum absolute atomic E-state index is 11.7. The number of hydrogen-bond donors (Lipinski definition) is 2. The molecule has 0 spiro atoms. The second-order valence-corrected chi connectivity index (χ2v) is 6.49. The minimum Gasteiger partial charge on any atom is -0.383 e. The largest absolute Gasteiger partial charge is 0.383 e. The first-order chi connectivity index (χ1) is 10.9. The van der Waals surface area contributed by atoms with Gasteiger partial charge < -0.3 is 20.3 Å². The Kier molecular flexibility index (Phi) is 11.9. The summed E-state index contributed by atoms with van der Waals surface area (Å²) in [6, 6.07) is 0. The molecular weight excluding hydrogens is 441 g/mol. The van der Waals surface area contributed by atoms with E-state index in [2.05, 4.69) is 39.8 Å². The molecule has 0 atom stereocenters. The number of hydrogen-bond acceptors (Lipinski definition) is 5. The van der Waals surface area contributed by atoms with E-state index in [1.54, 1.807) is 32.5 Å². The number of halogens is 1. The van der Waals surface area contributed by atoms with E-state index >= 15 is 0 Å². The average molecular weight is 469 g/mol. The molecule has 1 heterocycles. The van der Waals surface area contributed by atoms with Gasteiger partial charge in [0, 0.05) is 33.1 Å². The van der Waals surface area contributed by atoms with Crippen LogP contribution < -0.4 is 10.6 Å². The molecule has 24 heavy (non-hydrogen) atoms. The molecule has 0 aliphatic rings. The molecule has 0 saturated carbocycles. The molecular formula is C15H28IN5O2S. The Morgan fingerprint density at radius 2 is 2.12 bits per heavy atom. The van der Waals surface area contributed by atoms with Crippen molar-refractivity contribution in [3.8, 4) is 0 Å². The van der Waals surface area contributed by atoms with Crippen molar-refractivity contribution in [3.63, 3.8) is 0 Å². The SMILES string of the molecule is COCCNC(=NCC(=O)N(C)C)NCc1nc(C(C)C)cs1.I. The van der Waals surface area contributed by atoms with Crippen molar-refractivity contribution in [2.45, 2.75) is 26.3 Å². The van der Waals surface area contributed by atoms with Gasteiger partial charge in [-0.3, -0.25) is 4.79 Å². The second-order valence-electron chi connectivity index (χ2n) is 5.55. The molecule has 0 unspecified atom stereocenters. The van der Waals surface area contributed by atoms with Gasteiger partial charge in [-0.15, -0.1) is 35.3 Å². The van der Waals surface area contributed by atoms with Gasteiger partial charge in [0.15, 0.2) is 5.96 Å². The number of guanidine groups is 1. The number of nitrogens with one attached hydrogen (secondary N) is 2. The number of methoxy groups -OCH3 is 1. The zero-order chi connectivity index (χ0) is 17.2. The van der Waals surface area contributed by atoms with Gasteiger partial charge in [-0.05, 0) is 5.92 Å². The number of aliphatic imine (C=N–C) groups is 1. The highest BCUT2D eigenvalue weighted by Gasteiger charge is 2.08. The summed E-state index contributed by atoms with van der Waals surface area (Å²) in [5, 5.41) is 9.41. The van der Waals surface area contributed by atoms with E-state index < -0.39 is 0 Å². The van der Waals surface area contributed by atoms with Crippen LogP contribution in [0.5, 0.6) is 0 Å². The van der Waals surface area contributed by atoms with Crippen molar-refractivity contribution in [2.75, 3.05) is 40.9 Å². The van der Waals surface area contributed by atoms with Crippen LogP contribution in [0.1, 0.15) is 30.5 Å². The first kappa shape index (κ1) is 23.1. The molecule has 1 amide bonds. The first-order valence-electron chi connectivity index (χ1n) is 7.59. The number of ether oxygens (including phenoxy) is 1. The summed E-state index contributed by atoms with van der Waals surface area (Å²) in [4.78, 5) is 22.1. The number of aromatic nitrogens is 1. The van der Waals surface area contributed by atoms with Crippen LogP contribution in [-0.4, -0.2) is 62.7 Å². The second kappa shape index (κ2) is 12.4. The maximum Gasteiger partial charge on any atom is 0.243 e. The van der Waals surface area contributed by atoms with Crippen LogP contribution in [-0.2, 0) is 16.1 Å². The Balaban J connectivity index is 0.00000529. The molecule has 0 aliphatic carbocycles. The van der Waals surface area contributed by atoms with E-state index in [1.165, 1.54) is 4.90 Å². The van der Waals surface area contributed by atoms with Crippen LogP contribution >= 0.6 is 35.3 Å². The Bertz CT molecular complexity index is 520. The van der Waals surface area contributed by atoms with Gasteiger partial charge in [0.05, 0.1) is 18.8 Å². The maximum atomic E-state index is 11.7. The molecule has 0 fully saturated rings. The van der Waals surface area contributed by atoms with Crippen molar-refractivity contribution >= 4 is 47.2 Å². The fourth-order valence-electron chi connectivity index (χ4n) is 1.56. The molecule has 1 aromatic rings. The monoisotopic (exact) mass is 469 g/mol. The number of carbonyl (C=O) groups is 1. The average Bonchev–Trinajstić information content (AvgIpc) is 2.98. The van der Waals surface area contributed by atoms with E-state index in [0.717, 1.165) is 10.7 Å². The van der Waals surface area contributed by atoms with Gasteiger partial charge >= 0.3 is 0 Å². The van der Waals surface area contributed by atoms with Crippen molar-refractivity contribution in [2.24, 2.45) is 4.99 Å². The molecule has 9 heteroatoms. The molecule has 138 valence electrons. The first-order valence-corrected chi connectivity index (χ1v) is 8.47. The molecule has 1 aromatic heterocycles. The number of rotatable bonds is 8. The quantitative estimate of drug-likeness (QED) is 0.262. The lowest BCUT2D eigenvalue weighted by molar-refractivity contribution is -0.127. The predicted molar refractivity (Wildman–Crippen MR) is 109 cm³/mol. The molecule has 0 bridgehead atoms. The topological polar surface area (TPSA) is 78.8 Å². The zero-order valence-electron chi connectivity index (χ0n) is 15.0. The van der Waals surface area contributed by atoms with E-state index in [0.29, 0.717) is 31.6 Å². The summed E-state index contributed by atoms with van der Waals surface area (Å²) in [5.74, 6) is 0.957. The molecule has 0 saturated heterocycles. The van der Waals surface area contributed by atoms with Gasteiger partial charge in [-0.25, -0.2) is 9.98 Å². The summed E-state index contributed by atoms with van der Waals surface area (Å²) in [7, 11) is 5.07. The Labute approximate surface area is 165 Å². The summed E-state index contributed by atoms with van der Waals surface area (Å²) in [6.45, 7) is 6.11. The highest BCUT2D eigenvalue weighted by molar-refractivity contribution is 14.0. The number of carbonyl (C=O) groups excluding carboxylic acids is 1. The Morgan fingerprint density at radius 1 is 1.42 bits per heavy atom. The third-order valence-corrected chi connectivity index (χ3v) is 3.91. The molecule has 1 rings (SSSR count). The van der Waals surface area contributed by atoms with Gasteiger partial charge in [-0.1, -0.05) is 13.8 Å². The number of thiazole rings is 1. The fourth-order valence-corrected chi connectivity index (χ4v) is 2.46. The van der Waals surface area contributed by atoms with Crippen LogP contribution in [0.15, 0.2) is 10.4 Å². The Morgan fingerprint density at radius 3 is 2.67 bits per heavy atom. The van der Waals surface area contributed by atoms with Crippen LogP contribution in [0, 0.1) is 0 Å². The van der Waals surface area contributed by atoms with E-state index in [4.69, 9.17) is 4.74 Å². The molecule has 0 aliphatic heterocycles. The summed E-state index contributed by atoms with van der Waals surface area (Å²) in [6.07, 6.45) is 0. The van der Waals surface area contributed by atoms with Crippen LogP contribution in [0.4, 0.5) is 0 Å². The number of nitrogens with zero attached hydrogens (tertiary/aromatic N) is 3. The van der Waals surface area contributed by atoms with Crippen molar-refractivity contribution in [3.05, 3.63) is 16.1 Å². The molecule has 0 aromatic carbocycles. The highest BCUT2D eigenvalue weighted by Crippen LogP contribution is 2.17. The lowest BCUT2D eigenvalue weighted by atomic mass is 10.2. The predicted octanol–water partition coefficient (Wildman–Crippen LogP) is 1.65. The smallest absolute Gasteiger partial charge is 0.243 e. The van der Waals surface area contributed by atoms with Crippen molar-refractivity contribution in [1.29, 1.82) is 0 Å². The minimum atomic E-state index is -0.0471. The standard InChI is InChI=1S/C15H27N5O2S.HI/c1-11(2)12-10-23-13(19-12)8-17-15(16-6-7-22-5)18-9-14(21)20(3)4;/h10-11H,6-9H2,1-5H3,(H2,16,17,18);1H. The summed E-state index contributed by atoms with van der Waals surface area (Å²) < 4.78 is 5.02. The highest BCUT2D eigenvalue weighted by atomic mass is 127. The lowest BCUT2D eigenvalue weighted by Crippen LogP contribution is -2.39. The summed E-state index contributed by atoms with van der Waals surface area (Å²) in [5.41, 5.74) is 1.10. The van der Waals surface area contributed by atoms with E-state index in [9.17, 15) is 4.79 Å². The van der Waals surface area contributed by atoms with Crippen LogP contribution in [0.3, 0.4) is 0 Å².